The molecule has 102 valence electrons. The van der Waals surface area contributed by atoms with E-state index < -0.39 is 0 Å². The van der Waals surface area contributed by atoms with Gasteiger partial charge >= 0.3 is 0 Å². The van der Waals surface area contributed by atoms with E-state index in [0.717, 1.165) is 6.42 Å². The Morgan fingerprint density at radius 3 is 2.17 bits per heavy atom. The Hall–Kier alpha value is -0.900. The number of ether oxygens (including phenoxy) is 1. The van der Waals surface area contributed by atoms with Crippen LogP contribution in [0.15, 0.2) is 24.3 Å². The molecule has 0 bridgehead atoms. The van der Waals surface area contributed by atoms with Crippen molar-refractivity contribution in [3.63, 3.8) is 0 Å². The maximum absolute atomic E-state index is 5.63. The molecule has 0 aromatic heterocycles. The molecule has 0 saturated carbocycles. The molecule has 0 fully saturated rings. The summed E-state index contributed by atoms with van der Waals surface area (Å²) in [5, 5.41) is 0. The maximum Gasteiger partial charge on any atom is 0.0791 e. The second-order valence-corrected chi connectivity index (χ2v) is 5.63. The molecule has 3 nitrogen and oxygen atoms in total. The molecule has 1 rings (SSSR count). The molecule has 0 radical (unpaired) electrons. The summed E-state index contributed by atoms with van der Waals surface area (Å²) in [6, 6.07) is 8.81. The molecular weight excluding hydrogens is 224 g/mol. The standard InChI is InChI=1S/C15H26N2O/c1-11(2)13-8-6-12(7-9-13)10-14(17-16)15(3,4)18-5/h6-9,11,14,17H,10,16H2,1-5H3. The summed E-state index contributed by atoms with van der Waals surface area (Å²) < 4.78 is 5.48. The fourth-order valence-corrected chi connectivity index (χ4v) is 1.92. The quantitative estimate of drug-likeness (QED) is 0.602. The molecule has 3 heteroatoms. The van der Waals surface area contributed by atoms with Crippen molar-refractivity contribution >= 4 is 0 Å². The number of hydrogen-bond donors (Lipinski definition) is 2. The average Bonchev–Trinajstić information content (AvgIpc) is 2.36. The van der Waals surface area contributed by atoms with Crippen molar-refractivity contribution in [2.75, 3.05) is 7.11 Å². The third-order valence-corrected chi connectivity index (χ3v) is 3.65. The van der Waals surface area contributed by atoms with Crippen LogP contribution in [0.3, 0.4) is 0 Å². The Labute approximate surface area is 111 Å². The molecule has 0 saturated heterocycles. The SMILES string of the molecule is COC(C)(C)C(Cc1ccc(C(C)C)cc1)NN. The van der Waals surface area contributed by atoms with Crippen molar-refractivity contribution < 1.29 is 4.74 Å². The first kappa shape index (κ1) is 15.2. The van der Waals surface area contributed by atoms with E-state index in [1.165, 1.54) is 11.1 Å². The van der Waals surface area contributed by atoms with Gasteiger partial charge < -0.3 is 4.74 Å². The van der Waals surface area contributed by atoms with E-state index in [0.29, 0.717) is 5.92 Å². The van der Waals surface area contributed by atoms with Crippen LogP contribution in [0, 0.1) is 0 Å². The predicted molar refractivity (Wildman–Crippen MR) is 76.4 cm³/mol. The van der Waals surface area contributed by atoms with Gasteiger partial charge in [-0.05, 0) is 37.3 Å². The van der Waals surface area contributed by atoms with E-state index in [-0.39, 0.29) is 11.6 Å². The van der Waals surface area contributed by atoms with Gasteiger partial charge in [-0.3, -0.25) is 11.3 Å². The molecule has 0 amide bonds. The molecule has 1 atom stereocenters. The summed E-state index contributed by atoms with van der Waals surface area (Å²) in [5.74, 6) is 6.20. The number of benzene rings is 1. The Balaban J connectivity index is 2.77. The number of rotatable bonds is 6. The zero-order chi connectivity index (χ0) is 13.8. The van der Waals surface area contributed by atoms with Crippen LogP contribution in [-0.4, -0.2) is 18.8 Å². The number of nitrogens with one attached hydrogen (secondary N) is 1. The zero-order valence-electron chi connectivity index (χ0n) is 12.2. The lowest BCUT2D eigenvalue weighted by Gasteiger charge is -2.32. The molecule has 18 heavy (non-hydrogen) atoms. The van der Waals surface area contributed by atoms with Crippen LogP contribution in [0.25, 0.3) is 0 Å². The first-order valence-electron chi connectivity index (χ1n) is 6.50. The van der Waals surface area contributed by atoms with Crippen LogP contribution in [0.1, 0.15) is 44.7 Å². The smallest absolute Gasteiger partial charge is 0.0791 e. The van der Waals surface area contributed by atoms with Crippen molar-refractivity contribution in [1.29, 1.82) is 0 Å². The van der Waals surface area contributed by atoms with Crippen LogP contribution in [-0.2, 0) is 11.2 Å². The van der Waals surface area contributed by atoms with E-state index in [9.17, 15) is 0 Å². The van der Waals surface area contributed by atoms with E-state index in [1.807, 2.05) is 13.8 Å². The highest BCUT2D eigenvalue weighted by atomic mass is 16.5. The highest BCUT2D eigenvalue weighted by Crippen LogP contribution is 2.19. The molecule has 1 unspecified atom stereocenters. The summed E-state index contributed by atoms with van der Waals surface area (Å²) in [7, 11) is 1.71. The first-order chi connectivity index (χ1) is 8.40. The summed E-state index contributed by atoms with van der Waals surface area (Å²) in [5.41, 5.74) is 5.20. The topological polar surface area (TPSA) is 47.3 Å². The minimum Gasteiger partial charge on any atom is -0.377 e. The largest absolute Gasteiger partial charge is 0.377 e. The Morgan fingerprint density at radius 2 is 1.78 bits per heavy atom. The summed E-state index contributed by atoms with van der Waals surface area (Å²) >= 11 is 0. The minimum absolute atomic E-state index is 0.0902. The van der Waals surface area contributed by atoms with E-state index in [4.69, 9.17) is 10.6 Å². The number of nitrogens with two attached hydrogens (primary N) is 1. The Kier molecular flexibility index (Phi) is 5.32. The van der Waals surface area contributed by atoms with Gasteiger partial charge in [-0.1, -0.05) is 38.1 Å². The molecule has 1 aromatic carbocycles. The lowest BCUT2D eigenvalue weighted by molar-refractivity contribution is -0.0101. The van der Waals surface area contributed by atoms with Crippen molar-refractivity contribution in [3.05, 3.63) is 35.4 Å². The van der Waals surface area contributed by atoms with E-state index >= 15 is 0 Å². The number of hydrogen-bond acceptors (Lipinski definition) is 3. The van der Waals surface area contributed by atoms with Crippen molar-refractivity contribution in [2.45, 2.75) is 51.7 Å². The predicted octanol–water partition coefficient (Wildman–Crippen LogP) is 2.61. The van der Waals surface area contributed by atoms with Crippen molar-refractivity contribution in [3.8, 4) is 0 Å². The fourth-order valence-electron chi connectivity index (χ4n) is 1.92. The fraction of sp³-hybridized carbons (Fsp3) is 0.600. The Morgan fingerprint density at radius 1 is 1.22 bits per heavy atom. The highest BCUT2D eigenvalue weighted by Gasteiger charge is 2.28. The zero-order valence-corrected chi connectivity index (χ0v) is 12.2. The maximum atomic E-state index is 5.63. The van der Waals surface area contributed by atoms with Crippen LogP contribution in [0.5, 0.6) is 0 Å². The van der Waals surface area contributed by atoms with Gasteiger partial charge in [0.05, 0.1) is 11.6 Å². The highest BCUT2D eigenvalue weighted by molar-refractivity contribution is 5.25. The summed E-state index contributed by atoms with van der Waals surface area (Å²) in [6.45, 7) is 8.49. The van der Waals surface area contributed by atoms with Gasteiger partial charge in [-0.2, -0.15) is 0 Å². The Bertz CT molecular complexity index is 357. The van der Waals surface area contributed by atoms with Crippen LogP contribution < -0.4 is 11.3 Å². The van der Waals surface area contributed by atoms with E-state index in [1.54, 1.807) is 7.11 Å². The van der Waals surface area contributed by atoms with Crippen molar-refractivity contribution in [1.82, 2.24) is 5.43 Å². The third kappa shape index (κ3) is 3.80. The van der Waals surface area contributed by atoms with Crippen LogP contribution in [0.4, 0.5) is 0 Å². The van der Waals surface area contributed by atoms with Crippen LogP contribution in [0.2, 0.25) is 0 Å². The van der Waals surface area contributed by atoms with E-state index in [2.05, 4.69) is 43.5 Å². The molecular formula is C15H26N2O. The van der Waals surface area contributed by atoms with Gasteiger partial charge in [0, 0.05) is 7.11 Å². The van der Waals surface area contributed by atoms with Gasteiger partial charge in [0.2, 0.25) is 0 Å². The van der Waals surface area contributed by atoms with Crippen LogP contribution >= 0.6 is 0 Å². The second-order valence-electron chi connectivity index (χ2n) is 5.63. The molecule has 0 spiro atoms. The van der Waals surface area contributed by atoms with Gasteiger partial charge in [0.15, 0.2) is 0 Å². The third-order valence-electron chi connectivity index (χ3n) is 3.65. The van der Waals surface area contributed by atoms with Gasteiger partial charge in [0.1, 0.15) is 0 Å². The normalized spacial score (nSPS) is 13.9. The average molecular weight is 250 g/mol. The second kappa shape index (κ2) is 6.32. The van der Waals surface area contributed by atoms with Crippen molar-refractivity contribution in [2.24, 2.45) is 5.84 Å². The lowest BCUT2D eigenvalue weighted by Crippen LogP contribution is -2.52. The summed E-state index contributed by atoms with van der Waals surface area (Å²) in [6.07, 6.45) is 0.857. The lowest BCUT2D eigenvalue weighted by atomic mass is 9.91. The molecule has 3 N–H and O–H groups in total. The minimum atomic E-state index is -0.286. The molecule has 0 aliphatic rings. The van der Waals surface area contributed by atoms with Gasteiger partial charge in [-0.25, -0.2) is 0 Å². The number of hydrazine groups is 1. The molecule has 0 aliphatic carbocycles. The molecule has 1 aromatic rings. The first-order valence-corrected chi connectivity index (χ1v) is 6.50. The number of methoxy groups -OCH3 is 1. The monoisotopic (exact) mass is 250 g/mol. The van der Waals surface area contributed by atoms with Gasteiger partial charge in [0.25, 0.3) is 0 Å². The molecule has 0 aliphatic heterocycles. The summed E-state index contributed by atoms with van der Waals surface area (Å²) in [4.78, 5) is 0. The van der Waals surface area contributed by atoms with Gasteiger partial charge in [-0.15, -0.1) is 0 Å². The molecule has 0 heterocycles.